The van der Waals surface area contributed by atoms with Gasteiger partial charge in [0.1, 0.15) is 24.1 Å². The lowest BCUT2D eigenvalue weighted by Crippen LogP contribution is -2.60. The number of aliphatic hydroxyl groups is 3. The second kappa shape index (κ2) is 8.11. The summed E-state index contributed by atoms with van der Waals surface area (Å²) in [6, 6.07) is 0. The molecule has 0 amide bonds. The molecule has 5 rings (SSSR count). The number of carboxylic acid groups (broad SMARTS) is 1. The van der Waals surface area contributed by atoms with Crippen LogP contribution in [-0.4, -0.2) is 68.7 Å². The van der Waals surface area contributed by atoms with Gasteiger partial charge in [0.25, 0.3) is 0 Å². The Labute approximate surface area is 198 Å². The molecule has 3 saturated carbocycles. The van der Waals surface area contributed by atoms with E-state index < -0.39 is 36.7 Å². The van der Waals surface area contributed by atoms with E-state index in [2.05, 4.69) is 13.8 Å². The van der Waals surface area contributed by atoms with Gasteiger partial charge in [-0.05, 0) is 67.3 Å². The number of hydrogen-bond acceptors (Lipinski definition) is 8. The van der Waals surface area contributed by atoms with Crippen molar-refractivity contribution in [1.82, 2.24) is 0 Å². The topological polar surface area (TPSA) is 151 Å². The average molecular weight is 479 g/mol. The Kier molecular flexibility index (Phi) is 5.71. The first-order valence-electron chi connectivity index (χ1n) is 12.4. The first kappa shape index (κ1) is 23.9. The minimum Gasteiger partial charge on any atom is -0.479 e. The molecule has 34 heavy (non-hydrogen) atoms. The maximum atomic E-state index is 13.0. The van der Waals surface area contributed by atoms with Gasteiger partial charge in [0, 0.05) is 18.3 Å². The van der Waals surface area contributed by atoms with Gasteiger partial charge in [-0.1, -0.05) is 13.8 Å². The molecule has 1 heterocycles. The number of ketones is 2. The number of carboxylic acids is 1. The molecule has 188 valence electrons. The van der Waals surface area contributed by atoms with Crippen LogP contribution >= 0.6 is 0 Å². The van der Waals surface area contributed by atoms with Crippen molar-refractivity contribution in [2.75, 3.05) is 0 Å². The molecule has 9 heteroatoms. The van der Waals surface area contributed by atoms with Crippen molar-refractivity contribution in [2.45, 2.75) is 95.9 Å². The van der Waals surface area contributed by atoms with Crippen LogP contribution in [0.1, 0.15) is 65.2 Å². The third kappa shape index (κ3) is 3.31. The summed E-state index contributed by atoms with van der Waals surface area (Å²) in [5, 5.41) is 39.8. The van der Waals surface area contributed by atoms with E-state index >= 15 is 0 Å². The number of allylic oxidation sites excluding steroid dienone is 1. The first-order valence-corrected chi connectivity index (χ1v) is 12.4. The second-order valence-corrected chi connectivity index (χ2v) is 11.3. The van der Waals surface area contributed by atoms with E-state index in [1.165, 1.54) is 0 Å². The van der Waals surface area contributed by atoms with Crippen molar-refractivity contribution in [3.8, 4) is 0 Å². The molecule has 4 aliphatic carbocycles. The van der Waals surface area contributed by atoms with Crippen LogP contribution in [0, 0.1) is 28.6 Å². The van der Waals surface area contributed by atoms with E-state index in [4.69, 9.17) is 9.47 Å². The predicted octanol–water partition coefficient (Wildman–Crippen LogP) is 1.32. The zero-order valence-corrected chi connectivity index (χ0v) is 19.6. The van der Waals surface area contributed by atoms with Crippen LogP contribution in [0.15, 0.2) is 11.3 Å². The highest BCUT2D eigenvalue weighted by Crippen LogP contribution is 2.65. The zero-order chi connectivity index (χ0) is 24.6. The minimum absolute atomic E-state index is 0.0970. The van der Waals surface area contributed by atoms with Crippen molar-refractivity contribution in [2.24, 2.45) is 28.6 Å². The molecular formula is C25H34O9. The van der Waals surface area contributed by atoms with Gasteiger partial charge in [-0.25, -0.2) is 4.79 Å². The Bertz CT molecular complexity index is 943. The predicted molar refractivity (Wildman–Crippen MR) is 116 cm³/mol. The summed E-state index contributed by atoms with van der Waals surface area (Å²) < 4.78 is 11.2. The van der Waals surface area contributed by atoms with Crippen molar-refractivity contribution >= 4 is 17.5 Å². The smallest absolute Gasteiger partial charge is 0.335 e. The number of aliphatic hydroxyl groups excluding tert-OH is 3. The lowest BCUT2D eigenvalue weighted by molar-refractivity contribution is -0.284. The van der Waals surface area contributed by atoms with E-state index in [0.29, 0.717) is 42.8 Å². The summed E-state index contributed by atoms with van der Waals surface area (Å²) in [6.07, 6.45) is -2.98. The minimum atomic E-state index is -1.82. The molecule has 1 aliphatic heterocycles. The number of aliphatic carboxylic acids is 1. The van der Waals surface area contributed by atoms with E-state index in [9.17, 15) is 34.8 Å². The van der Waals surface area contributed by atoms with Crippen molar-refractivity contribution in [3.05, 3.63) is 11.3 Å². The normalized spacial score (nSPS) is 48.7. The third-order valence-corrected chi connectivity index (χ3v) is 9.83. The highest BCUT2D eigenvalue weighted by atomic mass is 16.7. The lowest BCUT2D eigenvalue weighted by Gasteiger charge is -2.57. The summed E-state index contributed by atoms with van der Waals surface area (Å²) in [6.45, 7) is 4.28. The Morgan fingerprint density at radius 3 is 2.32 bits per heavy atom. The monoisotopic (exact) mass is 478 g/mol. The molecule has 1 unspecified atom stereocenters. The highest BCUT2D eigenvalue weighted by Gasteiger charge is 2.60. The maximum absolute atomic E-state index is 13.0. The lowest BCUT2D eigenvalue weighted by atomic mass is 9.47. The Balaban J connectivity index is 1.45. The quantitative estimate of drug-likeness (QED) is 0.471. The van der Waals surface area contributed by atoms with Gasteiger partial charge >= 0.3 is 5.97 Å². The van der Waals surface area contributed by atoms with Gasteiger partial charge in [0.05, 0.1) is 0 Å². The first-order chi connectivity index (χ1) is 16.0. The van der Waals surface area contributed by atoms with Crippen LogP contribution < -0.4 is 0 Å². The molecule has 9 nitrogen and oxygen atoms in total. The number of Topliss-reactive ketones (excluding diaryl/α,β-unsaturated/α-hetero) is 2. The fraction of sp³-hybridized carbons (Fsp3) is 0.800. The van der Waals surface area contributed by atoms with Crippen LogP contribution in [0.5, 0.6) is 0 Å². The van der Waals surface area contributed by atoms with E-state index in [0.717, 1.165) is 31.3 Å². The number of ether oxygens (including phenoxy) is 2. The van der Waals surface area contributed by atoms with Gasteiger partial charge in [0.15, 0.2) is 17.6 Å². The largest absolute Gasteiger partial charge is 0.479 e. The van der Waals surface area contributed by atoms with Crippen LogP contribution in [0.4, 0.5) is 0 Å². The van der Waals surface area contributed by atoms with Gasteiger partial charge in [-0.3, -0.25) is 9.59 Å². The fourth-order valence-electron chi connectivity index (χ4n) is 7.84. The molecule has 10 atom stereocenters. The summed E-state index contributed by atoms with van der Waals surface area (Å²) in [7, 11) is 0. The van der Waals surface area contributed by atoms with Crippen molar-refractivity contribution < 1.29 is 44.3 Å². The number of carbonyl (C=O) groups excluding carboxylic acids is 2. The summed E-state index contributed by atoms with van der Waals surface area (Å²) in [4.78, 5) is 37.1. The maximum Gasteiger partial charge on any atom is 0.335 e. The van der Waals surface area contributed by atoms with Gasteiger partial charge in [-0.2, -0.15) is 0 Å². The second-order valence-electron chi connectivity index (χ2n) is 11.3. The SMILES string of the molecule is C[C@]12CCC(=O)C(OC3O[C@H](C(=O)O)[C@@H](O)[C@H](O)[C@H]3O)=C1CC[C@@H]1[C@@H]2CC[C@]2(C)C(=O)CC[C@@H]12. The molecule has 0 bridgehead atoms. The molecule has 1 saturated heterocycles. The Morgan fingerprint density at radius 1 is 0.912 bits per heavy atom. The van der Waals surface area contributed by atoms with E-state index in [1.54, 1.807) is 0 Å². The molecule has 5 aliphatic rings. The van der Waals surface area contributed by atoms with Crippen molar-refractivity contribution in [1.29, 1.82) is 0 Å². The zero-order valence-electron chi connectivity index (χ0n) is 19.6. The molecule has 0 aromatic carbocycles. The molecule has 0 aromatic heterocycles. The van der Waals surface area contributed by atoms with Crippen LogP contribution in [0.3, 0.4) is 0 Å². The van der Waals surface area contributed by atoms with Gasteiger partial charge < -0.3 is 29.9 Å². The number of carbonyl (C=O) groups is 3. The molecule has 0 spiro atoms. The van der Waals surface area contributed by atoms with Crippen LogP contribution in [-0.2, 0) is 23.9 Å². The molecule has 4 N–H and O–H groups in total. The Hall–Kier alpha value is -1.81. The number of rotatable bonds is 3. The highest BCUT2D eigenvalue weighted by molar-refractivity contribution is 5.95. The Morgan fingerprint density at radius 2 is 1.62 bits per heavy atom. The summed E-state index contributed by atoms with van der Waals surface area (Å²) >= 11 is 0. The van der Waals surface area contributed by atoms with Gasteiger partial charge in [0.2, 0.25) is 6.29 Å². The molecule has 4 fully saturated rings. The van der Waals surface area contributed by atoms with E-state index in [1.807, 2.05) is 0 Å². The van der Waals surface area contributed by atoms with Gasteiger partial charge in [-0.15, -0.1) is 0 Å². The third-order valence-electron chi connectivity index (χ3n) is 9.83. The van der Waals surface area contributed by atoms with E-state index in [-0.39, 0.29) is 28.8 Å². The summed E-state index contributed by atoms with van der Waals surface area (Å²) in [5.74, 6) is -0.188. The molecule has 0 aromatic rings. The fourth-order valence-corrected chi connectivity index (χ4v) is 7.84. The molecule has 0 radical (unpaired) electrons. The standard InChI is InChI=1S/C25H34O9/c1-24-10-8-15(26)20(33-23-19(30)17(28)18(29)21(34-23)22(31)32)14(24)4-3-11-12-5-6-16(27)25(12,2)9-7-13(11)24/h11-13,17-19,21,23,28-30H,3-10H2,1-2H3,(H,31,32)/t11-,12-,13-,17-,18-,19+,21-,23?,24+,25-/m0/s1. The average Bonchev–Trinajstić information content (AvgIpc) is 3.10. The number of fused-ring (bicyclic) bond motifs is 5. The molecular weight excluding hydrogens is 444 g/mol. The van der Waals surface area contributed by atoms with Crippen molar-refractivity contribution in [3.63, 3.8) is 0 Å². The summed E-state index contributed by atoms with van der Waals surface area (Å²) in [5.41, 5.74) is 0.315. The van der Waals surface area contributed by atoms with Crippen LogP contribution in [0.25, 0.3) is 0 Å². The number of hydrogen-bond donors (Lipinski definition) is 4. The van der Waals surface area contributed by atoms with Crippen LogP contribution in [0.2, 0.25) is 0 Å².